The van der Waals surface area contributed by atoms with Crippen LogP contribution in [0.25, 0.3) is 11.2 Å². The summed E-state index contributed by atoms with van der Waals surface area (Å²) < 4.78 is 2.00. The molecule has 0 amide bonds. The fourth-order valence-corrected chi connectivity index (χ4v) is 3.04. The molecule has 3 rings (SSSR count). The average molecular weight is 294 g/mol. The molecule has 1 fully saturated rings. The van der Waals surface area contributed by atoms with Gasteiger partial charge in [-0.25, -0.2) is 9.97 Å². The van der Waals surface area contributed by atoms with Crippen LogP contribution in [0.4, 0.5) is 5.95 Å². The number of nitrogens with zero attached hydrogens (tertiary/aromatic N) is 4. The second kappa shape index (κ2) is 5.58. The molecule has 0 atom stereocenters. The van der Waals surface area contributed by atoms with Gasteiger partial charge in [-0.2, -0.15) is 0 Å². The van der Waals surface area contributed by atoms with Gasteiger partial charge in [0.15, 0.2) is 5.65 Å². The summed E-state index contributed by atoms with van der Waals surface area (Å²) in [6.07, 6.45) is 5.31. The first-order valence-corrected chi connectivity index (χ1v) is 7.47. The van der Waals surface area contributed by atoms with E-state index in [9.17, 15) is 0 Å². The van der Waals surface area contributed by atoms with E-state index >= 15 is 0 Å². The van der Waals surface area contributed by atoms with E-state index in [1.54, 1.807) is 6.20 Å². The Bertz CT molecular complexity index is 601. The Labute approximate surface area is 123 Å². The van der Waals surface area contributed by atoms with Crippen molar-refractivity contribution < 1.29 is 0 Å². The highest BCUT2D eigenvalue weighted by Crippen LogP contribution is 2.24. The molecule has 5 nitrogen and oxygen atoms in total. The van der Waals surface area contributed by atoms with Crippen molar-refractivity contribution in [1.82, 2.24) is 19.4 Å². The highest BCUT2D eigenvalue weighted by atomic mass is 35.5. The number of piperidine rings is 1. The molecule has 2 aromatic rings. The lowest BCUT2D eigenvalue weighted by Crippen LogP contribution is -2.30. The number of hydrogen-bond donors (Lipinski definition) is 1. The molecule has 1 saturated heterocycles. The quantitative estimate of drug-likeness (QED) is 0.944. The first kappa shape index (κ1) is 13.6. The molecule has 0 bridgehead atoms. The molecule has 2 N–H and O–H groups in total. The van der Waals surface area contributed by atoms with Gasteiger partial charge in [0.25, 0.3) is 0 Å². The van der Waals surface area contributed by atoms with Gasteiger partial charge >= 0.3 is 0 Å². The largest absolute Gasteiger partial charge is 0.369 e. The molecule has 1 aliphatic rings. The van der Waals surface area contributed by atoms with Crippen LogP contribution in [0.5, 0.6) is 0 Å². The molecule has 6 heteroatoms. The normalized spacial score (nSPS) is 17.9. The molecule has 2 aromatic heterocycles. The van der Waals surface area contributed by atoms with Crippen molar-refractivity contribution in [3.05, 3.63) is 17.3 Å². The van der Waals surface area contributed by atoms with Gasteiger partial charge in [-0.05, 0) is 51.4 Å². The number of rotatable bonds is 3. The first-order chi connectivity index (χ1) is 9.63. The number of imidazole rings is 1. The Morgan fingerprint density at radius 3 is 2.90 bits per heavy atom. The maximum absolute atomic E-state index is 6.00. The van der Waals surface area contributed by atoms with Crippen molar-refractivity contribution in [2.24, 2.45) is 5.92 Å². The molecular weight excluding hydrogens is 274 g/mol. The van der Waals surface area contributed by atoms with Crippen molar-refractivity contribution in [3.8, 4) is 0 Å². The van der Waals surface area contributed by atoms with Crippen molar-refractivity contribution >= 4 is 28.7 Å². The molecule has 0 aromatic carbocycles. The van der Waals surface area contributed by atoms with Crippen LogP contribution in [0.2, 0.25) is 5.02 Å². The van der Waals surface area contributed by atoms with Crippen LogP contribution < -0.4 is 5.73 Å². The molecule has 0 saturated carbocycles. The van der Waals surface area contributed by atoms with E-state index in [1.807, 2.05) is 10.6 Å². The second-order valence-electron chi connectivity index (χ2n) is 5.65. The molecule has 1 aliphatic heterocycles. The van der Waals surface area contributed by atoms with Gasteiger partial charge in [-0.1, -0.05) is 11.6 Å². The number of nitrogen functional groups attached to an aromatic ring is 1. The third-order valence-corrected chi connectivity index (χ3v) is 4.39. The lowest BCUT2D eigenvalue weighted by atomic mass is 9.94. The maximum Gasteiger partial charge on any atom is 0.202 e. The number of anilines is 1. The van der Waals surface area contributed by atoms with Crippen molar-refractivity contribution in [3.63, 3.8) is 0 Å². The molecule has 0 aliphatic carbocycles. The monoisotopic (exact) mass is 293 g/mol. The molecule has 20 heavy (non-hydrogen) atoms. The topological polar surface area (TPSA) is 60.0 Å². The Morgan fingerprint density at radius 2 is 2.15 bits per heavy atom. The van der Waals surface area contributed by atoms with E-state index in [1.165, 1.54) is 25.9 Å². The summed E-state index contributed by atoms with van der Waals surface area (Å²) in [5.41, 5.74) is 7.61. The van der Waals surface area contributed by atoms with Crippen LogP contribution in [-0.2, 0) is 6.54 Å². The minimum atomic E-state index is 0.530. The lowest BCUT2D eigenvalue weighted by Gasteiger charge is -2.29. The number of nitrogens with two attached hydrogens (primary N) is 1. The summed E-state index contributed by atoms with van der Waals surface area (Å²) in [6, 6.07) is 1.81. The molecule has 3 heterocycles. The number of halogens is 1. The van der Waals surface area contributed by atoms with Gasteiger partial charge < -0.3 is 10.6 Å². The predicted octanol–water partition coefficient (Wildman–Crippen LogP) is 2.40. The summed E-state index contributed by atoms with van der Waals surface area (Å²) in [5, 5.41) is 0.595. The summed E-state index contributed by atoms with van der Waals surface area (Å²) in [4.78, 5) is 11.1. The van der Waals surface area contributed by atoms with E-state index in [2.05, 4.69) is 21.9 Å². The summed E-state index contributed by atoms with van der Waals surface area (Å²) in [6.45, 7) is 3.27. The van der Waals surface area contributed by atoms with E-state index < -0.39 is 0 Å². The summed E-state index contributed by atoms with van der Waals surface area (Å²) in [5.74, 6) is 1.30. The molecule has 0 spiro atoms. The third-order valence-electron chi connectivity index (χ3n) is 4.18. The van der Waals surface area contributed by atoms with Gasteiger partial charge in [0, 0.05) is 12.7 Å². The number of aryl methyl sites for hydroxylation is 1. The lowest BCUT2D eigenvalue weighted by molar-refractivity contribution is 0.208. The zero-order valence-electron chi connectivity index (χ0n) is 11.7. The number of likely N-dealkylation sites (tertiary alicyclic amines) is 1. The van der Waals surface area contributed by atoms with Crippen LogP contribution in [-0.4, -0.2) is 39.6 Å². The van der Waals surface area contributed by atoms with Gasteiger partial charge in [-0.15, -0.1) is 0 Å². The minimum Gasteiger partial charge on any atom is -0.369 e. The predicted molar refractivity (Wildman–Crippen MR) is 81.8 cm³/mol. The molecule has 0 unspecified atom stereocenters. The fraction of sp³-hybridized carbons (Fsp3) is 0.571. The number of hydrogen-bond acceptors (Lipinski definition) is 4. The zero-order chi connectivity index (χ0) is 14.1. The van der Waals surface area contributed by atoms with Gasteiger partial charge in [0.2, 0.25) is 5.95 Å². The average Bonchev–Trinajstić information content (AvgIpc) is 2.73. The summed E-state index contributed by atoms with van der Waals surface area (Å²) in [7, 11) is 2.19. The van der Waals surface area contributed by atoms with Crippen LogP contribution in [0.1, 0.15) is 19.3 Å². The van der Waals surface area contributed by atoms with Gasteiger partial charge in [0.05, 0.1) is 5.02 Å². The fourth-order valence-electron chi connectivity index (χ4n) is 2.89. The SMILES string of the molecule is CN1CCC(CCn2c(N)nc3cc(Cl)cnc32)CC1. The summed E-state index contributed by atoms with van der Waals surface area (Å²) >= 11 is 5.94. The molecule has 108 valence electrons. The highest BCUT2D eigenvalue weighted by Gasteiger charge is 2.18. The molecule has 0 radical (unpaired) electrons. The van der Waals surface area contributed by atoms with Crippen LogP contribution >= 0.6 is 11.6 Å². The Morgan fingerprint density at radius 1 is 1.40 bits per heavy atom. The second-order valence-corrected chi connectivity index (χ2v) is 6.09. The van der Waals surface area contributed by atoms with Crippen molar-refractivity contribution in [2.75, 3.05) is 25.9 Å². The van der Waals surface area contributed by atoms with E-state index in [0.29, 0.717) is 11.0 Å². The zero-order valence-corrected chi connectivity index (χ0v) is 12.5. The van der Waals surface area contributed by atoms with Gasteiger partial charge in [0.1, 0.15) is 5.52 Å². The minimum absolute atomic E-state index is 0.530. The molecular formula is C14H20ClN5. The number of pyridine rings is 1. The number of fused-ring (bicyclic) bond motifs is 1. The van der Waals surface area contributed by atoms with Crippen molar-refractivity contribution in [2.45, 2.75) is 25.8 Å². The maximum atomic E-state index is 6.00. The first-order valence-electron chi connectivity index (χ1n) is 7.09. The Hall–Kier alpha value is -1.33. The van der Waals surface area contributed by atoms with E-state index in [0.717, 1.165) is 30.0 Å². The van der Waals surface area contributed by atoms with Crippen LogP contribution in [0.15, 0.2) is 12.3 Å². The van der Waals surface area contributed by atoms with Gasteiger partial charge in [-0.3, -0.25) is 4.57 Å². The van der Waals surface area contributed by atoms with Crippen LogP contribution in [0.3, 0.4) is 0 Å². The van der Waals surface area contributed by atoms with Crippen molar-refractivity contribution in [1.29, 1.82) is 0 Å². The Balaban J connectivity index is 1.72. The number of aromatic nitrogens is 3. The Kier molecular flexibility index (Phi) is 3.81. The van der Waals surface area contributed by atoms with Crippen LogP contribution in [0, 0.1) is 5.92 Å². The third kappa shape index (κ3) is 2.74. The standard InChI is InChI=1S/C14H20ClN5/c1-19-5-2-10(3-6-19)4-7-20-13-12(18-14(20)16)8-11(15)9-17-13/h8-10H,2-7H2,1H3,(H2,16,18). The van der Waals surface area contributed by atoms with E-state index in [4.69, 9.17) is 17.3 Å². The van der Waals surface area contributed by atoms with E-state index in [-0.39, 0.29) is 0 Å². The smallest absolute Gasteiger partial charge is 0.202 e. The highest BCUT2D eigenvalue weighted by molar-refractivity contribution is 6.31.